The number of sulfonamides is 1. The molecule has 0 atom stereocenters. The summed E-state index contributed by atoms with van der Waals surface area (Å²) in [6.07, 6.45) is 1.80. The number of carbonyl (C=O) groups is 1. The monoisotopic (exact) mass is 595 g/mol. The average molecular weight is 596 g/mol. The zero-order valence-corrected chi connectivity index (χ0v) is 23.9. The van der Waals surface area contributed by atoms with Crippen LogP contribution in [0.5, 0.6) is 5.75 Å². The Morgan fingerprint density at radius 2 is 1.85 bits per heavy atom. The van der Waals surface area contributed by atoms with Crippen molar-refractivity contribution in [3.63, 3.8) is 0 Å². The highest BCUT2D eigenvalue weighted by Gasteiger charge is 2.26. The van der Waals surface area contributed by atoms with E-state index in [-0.39, 0.29) is 17.4 Å². The van der Waals surface area contributed by atoms with Gasteiger partial charge in [-0.05, 0) is 66.4 Å². The fraction of sp³-hybridized carbons (Fsp3) is 0.222. The number of amides is 1. The van der Waals surface area contributed by atoms with Gasteiger partial charge in [0.05, 0.1) is 46.3 Å². The topological polar surface area (TPSA) is 115 Å². The quantitative estimate of drug-likeness (QED) is 0.338. The zero-order chi connectivity index (χ0) is 27.7. The number of aryl methyl sites for hydroxylation is 1. The molecular weight excluding hydrogens is 571 g/mol. The lowest BCUT2D eigenvalue weighted by Gasteiger charge is -2.26. The van der Waals surface area contributed by atoms with Crippen molar-refractivity contribution in [2.24, 2.45) is 10.1 Å². The van der Waals surface area contributed by atoms with Crippen molar-refractivity contribution in [1.82, 2.24) is 8.98 Å². The molecule has 206 valence electrons. The van der Waals surface area contributed by atoms with Crippen LogP contribution in [0.4, 0.5) is 11.4 Å². The molecule has 1 amide bonds. The third-order valence-corrected chi connectivity index (χ3v) is 10.1. The highest BCUT2D eigenvalue weighted by atomic mass is 32.2. The van der Waals surface area contributed by atoms with E-state index in [1.54, 1.807) is 46.5 Å². The zero-order valence-electron chi connectivity index (χ0n) is 21.4. The van der Waals surface area contributed by atoms with Gasteiger partial charge in [0.15, 0.2) is 6.61 Å². The molecule has 10 nitrogen and oxygen atoms in total. The van der Waals surface area contributed by atoms with E-state index in [9.17, 15) is 13.2 Å². The summed E-state index contributed by atoms with van der Waals surface area (Å²) < 4.78 is 40.0. The second-order valence-corrected chi connectivity index (χ2v) is 12.8. The molecule has 0 bridgehead atoms. The first kappa shape index (κ1) is 26.6. The lowest BCUT2D eigenvalue weighted by molar-refractivity contribution is -0.118. The summed E-state index contributed by atoms with van der Waals surface area (Å²) in [5, 5.41) is 11.6. The molecule has 4 aromatic rings. The van der Waals surface area contributed by atoms with E-state index in [1.165, 1.54) is 15.6 Å². The first-order chi connectivity index (χ1) is 19.4. The molecule has 4 heterocycles. The molecule has 40 heavy (non-hydrogen) atoms. The number of ether oxygens (including phenoxy) is 2. The van der Waals surface area contributed by atoms with Crippen LogP contribution in [-0.2, 0) is 19.6 Å². The van der Waals surface area contributed by atoms with E-state index < -0.39 is 10.0 Å². The van der Waals surface area contributed by atoms with Crippen LogP contribution in [-0.4, -0.2) is 62.4 Å². The van der Waals surface area contributed by atoms with E-state index in [4.69, 9.17) is 19.6 Å². The number of nitrogens with one attached hydrogen (secondary N) is 1. The molecule has 2 aromatic carbocycles. The Kier molecular flexibility index (Phi) is 7.38. The molecule has 0 aliphatic carbocycles. The van der Waals surface area contributed by atoms with Gasteiger partial charge in [0.25, 0.3) is 5.91 Å². The molecule has 0 saturated carbocycles. The number of aromatic nitrogens is 1. The number of rotatable bonds is 6. The van der Waals surface area contributed by atoms with Crippen LogP contribution in [0.1, 0.15) is 10.4 Å². The molecule has 0 radical (unpaired) electrons. The molecule has 2 aliphatic rings. The average Bonchev–Trinajstić information content (AvgIpc) is 3.57. The maximum Gasteiger partial charge on any atom is 0.262 e. The second-order valence-electron chi connectivity index (χ2n) is 9.10. The van der Waals surface area contributed by atoms with Gasteiger partial charge in [0.1, 0.15) is 5.75 Å². The van der Waals surface area contributed by atoms with E-state index in [0.717, 1.165) is 21.7 Å². The number of fused-ring (bicyclic) bond motifs is 1. The van der Waals surface area contributed by atoms with Gasteiger partial charge in [-0.25, -0.2) is 18.1 Å². The summed E-state index contributed by atoms with van der Waals surface area (Å²) in [6, 6.07) is 14.2. The Labute approximate surface area is 238 Å². The van der Waals surface area contributed by atoms with Crippen molar-refractivity contribution in [3.05, 3.63) is 74.5 Å². The standard InChI is InChI=1S/C27H25N5O5S3/c1-18-8-13-38-25(18)15-28-32-23(19-2-7-24-22(14-19)30-26(33)16-37-24)17-39-27(32)29-20-3-5-21(6-4-20)40(34,35)31-9-11-36-12-10-31/h2-8,13-15,17H,9-12,16H2,1H3,(H,30,33). The molecule has 1 fully saturated rings. The number of morpholine rings is 1. The summed E-state index contributed by atoms with van der Waals surface area (Å²) in [4.78, 5) is 18.5. The van der Waals surface area contributed by atoms with Crippen LogP contribution in [0.25, 0.3) is 11.3 Å². The summed E-state index contributed by atoms with van der Waals surface area (Å²) in [6.45, 7) is 3.48. The number of thiophene rings is 1. The third kappa shape index (κ3) is 5.38. The second kappa shape index (κ2) is 11.1. The Balaban J connectivity index is 1.38. The molecule has 6 rings (SSSR count). The molecular formula is C27H25N5O5S3. The first-order valence-electron chi connectivity index (χ1n) is 12.5. The van der Waals surface area contributed by atoms with E-state index in [1.807, 2.05) is 41.9 Å². The van der Waals surface area contributed by atoms with Crippen molar-refractivity contribution in [2.75, 3.05) is 38.2 Å². The maximum atomic E-state index is 13.0. The van der Waals surface area contributed by atoms with Crippen LogP contribution in [0.15, 0.2) is 74.3 Å². The third-order valence-electron chi connectivity index (χ3n) is 6.45. The number of thiazole rings is 1. The number of hydrogen-bond donors (Lipinski definition) is 1. The first-order valence-corrected chi connectivity index (χ1v) is 15.7. The fourth-order valence-corrected chi connectivity index (χ4v) is 7.34. The van der Waals surface area contributed by atoms with Gasteiger partial charge in [-0.15, -0.1) is 22.7 Å². The largest absolute Gasteiger partial charge is 0.482 e. The predicted molar refractivity (Wildman–Crippen MR) is 155 cm³/mol. The minimum atomic E-state index is -3.59. The summed E-state index contributed by atoms with van der Waals surface area (Å²) in [7, 11) is -3.59. The molecule has 2 aliphatic heterocycles. The van der Waals surface area contributed by atoms with Crippen LogP contribution in [0.2, 0.25) is 0 Å². The van der Waals surface area contributed by atoms with Crippen LogP contribution < -0.4 is 14.9 Å². The summed E-state index contributed by atoms with van der Waals surface area (Å²) >= 11 is 3.00. The van der Waals surface area contributed by atoms with Gasteiger partial charge in [0, 0.05) is 24.0 Å². The molecule has 1 N–H and O–H groups in total. The minimum absolute atomic E-state index is 0.00911. The van der Waals surface area contributed by atoms with E-state index in [2.05, 4.69) is 5.32 Å². The van der Waals surface area contributed by atoms with Crippen LogP contribution >= 0.6 is 22.7 Å². The van der Waals surface area contributed by atoms with Crippen molar-refractivity contribution < 1.29 is 22.7 Å². The SMILES string of the molecule is Cc1ccsc1C=Nn1c(-c2ccc3c(c2)NC(=O)CO3)csc1=Nc1ccc(S(=O)(=O)N2CCOCC2)cc1. The normalized spacial score (nSPS) is 16.6. The highest BCUT2D eigenvalue weighted by Crippen LogP contribution is 2.33. The number of anilines is 1. The van der Waals surface area contributed by atoms with Gasteiger partial charge < -0.3 is 14.8 Å². The van der Waals surface area contributed by atoms with Gasteiger partial charge in [-0.3, -0.25) is 4.79 Å². The molecule has 0 unspecified atom stereocenters. The van der Waals surface area contributed by atoms with Crippen LogP contribution in [0, 0.1) is 6.92 Å². The Hall–Kier alpha value is -3.62. The van der Waals surface area contributed by atoms with Crippen molar-refractivity contribution >= 4 is 56.2 Å². The highest BCUT2D eigenvalue weighted by molar-refractivity contribution is 7.89. The van der Waals surface area contributed by atoms with Crippen molar-refractivity contribution in [3.8, 4) is 17.0 Å². The predicted octanol–water partition coefficient (Wildman–Crippen LogP) is 4.05. The van der Waals surface area contributed by atoms with Crippen LogP contribution in [0.3, 0.4) is 0 Å². The van der Waals surface area contributed by atoms with Gasteiger partial charge >= 0.3 is 0 Å². The molecule has 0 spiro atoms. The number of hydrogen-bond acceptors (Lipinski definition) is 9. The van der Waals surface area contributed by atoms with Gasteiger partial charge in [-0.2, -0.15) is 9.41 Å². The number of benzene rings is 2. The Morgan fingerprint density at radius 1 is 1.05 bits per heavy atom. The van der Waals surface area contributed by atoms with E-state index >= 15 is 0 Å². The van der Waals surface area contributed by atoms with Crippen molar-refractivity contribution in [2.45, 2.75) is 11.8 Å². The smallest absolute Gasteiger partial charge is 0.262 e. The lowest BCUT2D eigenvalue weighted by atomic mass is 10.1. The van der Waals surface area contributed by atoms with Gasteiger partial charge in [0.2, 0.25) is 14.8 Å². The molecule has 1 saturated heterocycles. The molecule has 2 aromatic heterocycles. The Bertz CT molecular complexity index is 1760. The lowest BCUT2D eigenvalue weighted by Crippen LogP contribution is -2.40. The van der Waals surface area contributed by atoms with E-state index in [0.29, 0.717) is 48.2 Å². The fourth-order valence-electron chi connectivity index (χ4n) is 4.30. The van der Waals surface area contributed by atoms with Crippen molar-refractivity contribution in [1.29, 1.82) is 0 Å². The number of nitrogens with zero attached hydrogens (tertiary/aromatic N) is 4. The number of carbonyl (C=O) groups excluding carboxylic acids is 1. The minimum Gasteiger partial charge on any atom is -0.482 e. The summed E-state index contributed by atoms with van der Waals surface area (Å²) in [5.74, 6) is 0.406. The maximum absolute atomic E-state index is 13.0. The van der Waals surface area contributed by atoms with Gasteiger partial charge in [-0.1, -0.05) is 0 Å². The Morgan fingerprint density at radius 3 is 2.60 bits per heavy atom. The summed E-state index contributed by atoms with van der Waals surface area (Å²) in [5.41, 5.74) is 3.92. The molecule has 13 heteroatoms.